The SMILES string of the molecule is CC(C)C[C@@H](NC(=O)c1ccc(-c2ccccc2)cc1)C(=O)N1CCN(C)CC1. The molecular weight excluding hydrogens is 362 g/mol. The van der Waals surface area contributed by atoms with Gasteiger partial charge in [0.1, 0.15) is 6.04 Å². The highest BCUT2D eigenvalue weighted by Crippen LogP contribution is 2.19. The van der Waals surface area contributed by atoms with Crippen molar-refractivity contribution < 1.29 is 9.59 Å². The van der Waals surface area contributed by atoms with Crippen LogP contribution in [-0.4, -0.2) is 60.9 Å². The van der Waals surface area contributed by atoms with Crippen LogP contribution in [0.15, 0.2) is 54.6 Å². The molecule has 0 radical (unpaired) electrons. The molecule has 2 aromatic carbocycles. The minimum Gasteiger partial charge on any atom is -0.340 e. The fourth-order valence-corrected chi connectivity index (χ4v) is 3.63. The van der Waals surface area contributed by atoms with Crippen molar-refractivity contribution >= 4 is 11.8 Å². The maximum absolute atomic E-state index is 13.0. The van der Waals surface area contributed by atoms with Gasteiger partial charge in [0.25, 0.3) is 5.91 Å². The highest BCUT2D eigenvalue weighted by Gasteiger charge is 2.28. The summed E-state index contributed by atoms with van der Waals surface area (Å²) >= 11 is 0. The zero-order chi connectivity index (χ0) is 20.8. The van der Waals surface area contributed by atoms with Crippen LogP contribution in [0.25, 0.3) is 11.1 Å². The number of hydrogen-bond donors (Lipinski definition) is 1. The van der Waals surface area contributed by atoms with E-state index < -0.39 is 6.04 Å². The van der Waals surface area contributed by atoms with Gasteiger partial charge >= 0.3 is 0 Å². The first-order valence-corrected chi connectivity index (χ1v) is 10.4. The van der Waals surface area contributed by atoms with Crippen molar-refractivity contribution in [1.29, 1.82) is 0 Å². The molecule has 1 fully saturated rings. The third-order valence-corrected chi connectivity index (χ3v) is 5.38. The zero-order valence-electron chi connectivity index (χ0n) is 17.6. The van der Waals surface area contributed by atoms with Crippen molar-refractivity contribution in [3.63, 3.8) is 0 Å². The van der Waals surface area contributed by atoms with Crippen molar-refractivity contribution in [1.82, 2.24) is 15.1 Å². The van der Waals surface area contributed by atoms with Crippen LogP contribution in [0.5, 0.6) is 0 Å². The van der Waals surface area contributed by atoms with Gasteiger partial charge in [-0.15, -0.1) is 0 Å². The largest absolute Gasteiger partial charge is 0.340 e. The minimum atomic E-state index is -0.486. The standard InChI is InChI=1S/C24H31N3O2/c1-18(2)17-22(24(29)27-15-13-26(3)14-16-27)25-23(28)21-11-9-20(10-12-21)19-7-5-4-6-8-19/h4-12,18,22H,13-17H2,1-3H3,(H,25,28)/t22-/m1/s1. The molecule has 5 heteroatoms. The van der Waals surface area contributed by atoms with E-state index in [1.807, 2.05) is 59.5 Å². The van der Waals surface area contributed by atoms with Gasteiger partial charge in [0.05, 0.1) is 0 Å². The van der Waals surface area contributed by atoms with Gasteiger partial charge < -0.3 is 15.1 Å². The van der Waals surface area contributed by atoms with Gasteiger partial charge in [-0.2, -0.15) is 0 Å². The van der Waals surface area contributed by atoms with E-state index in [9.17, 15) is 9.59 Å². The number of rotatable bonds is 6. The molecular formula is C24H31N3O2. The molecule has 3 rings (SSSR count). The summed E-state index contributed by atoms with van der Waals surface area (Å²) in [6.07, 6.45) is 0.638. The lowest BCUT2D eigenvalue weighted by Gasteiger charge is -2.35. The summed E-state index contributed by atoms with van der Waals surface area (Å²) in [7, 11) is 2.06. The fraction of sp³-hybridized carbons (Fsp3) is 0.417. The Morgan fingerprint density at radius 1 is 0.897 bits per heavy atom. The van der Waals surface area contributed by atoms with Gasteiger partial charge in [0, 0.05) is 31.7 Å². The molecule has 1 aliphatic rings. The number of nitrogens with zero attached hydrogens (tertiary/aromatic N) is 2. The summed E-state index contributed by atoms with van der Waals surface area (Å²) in [6, 6.07) is 17.1. The Labute approximate surface area is 173 Å². The monoisotopic (exact) mass is 393 g/mol. The lowest BCUT2D eigenvalue weighted by atomic mass is 10.0. The van der Waals surface area contributed by atoms with Crippen molar-refractivity contribution in [2.24, 2.45) is 5.92 Å². The van der Waals surface area contributed by atoms with Crippen LogP contribution < -0.4 is 5.32 Å². The van der Waals surface area contributed by atoms with Gasteiger partial charge in [-0.05, 0) is 42.6 Å². The molecule has 154 valence electrons. The second kappa shape index (κ2) is 9.70. The summed E-state index contributed by atoms with van der Waals surface area (Å²) < 4.78 is 0. The smallest absolute Gasteiger partial charge is 0.251 e. The molecule has 2 amide bonds. The normalized spacial score (nSPS) is 15.9. The van der Waals surface area contributed by atoms with Crippen LogP contribution in [0.2, 0.25) is 0 Å². The predicted octanol–water partition coefficient (Wildman–Crippen LogP) is 3.27. The number of hydrogen-bond acceptors (Lipinski definition) is 3. The number of amides is 2. The van der Waals surface area contributed by atoms with E-state index in [2.05, 4.69) is 31.1 Å². The van der Waals surface area contributed by atoms with Crippen LogP contribution in [0.4, 0.5) is 0 Å². The highest BCUT2D eigenvalue weighted by atomic mass is 16.2. The van der Waals surface area contributed by atoms with Gasteiger partial charge in [-0.25, -0.2) is 0 Å². The third kappa shape index (κ3) is 5.67. The number of benzene rings is 2. The summed E-state index contributed by atoms with van der Waals surface area (Å²) in [5.41, 5.74) is 2.75. The number of likely N-dealkylation sites (N-methyl/N-ethyl adjacent to an activating group) is 1. The fourth-order valence-electron chi connectivity index (χ4n) is 3.63. The highest BCUT2D eigenvalue weighted by molar-refractivity contribution is 5.98. The molecule has 0 saturated carbocycles. The zero-order valence-corrected chi connectivity index (χ0v) is 17.6. The lowest BCUT2D eigenvalue weighted by Crippen LogP contribution is -2.54. The van der Waals surface area contributed by atoms with Crippen LogP contribution >= 0.6 is 0 Å². The first-order valence-electron chi connectivity index (χ1n) is 10.4. The van der Waals surface area contributed by atoms with E-state index >= 15 is 0 Å². The first-order chi connectivity index (χ1) is 13.9. The summed E-state index contributed by atoms with van der Waals surface area (Å²) in [5, 5.41) is 2.99. The number of nitrogens with one attached hydrogen (secondary N) is 1. The Hall–Kier alpha value is -2.66. The van der Waals surface area contributed by atoms with Gasteiger partial charge in [0.2, 0.25) is 5.91 Å². The average molecular weight is 394 g/mol. The van der Waals surface area contributed by atoms with Crippen molar-refractivity contribution in [2.75, 3.05) is 33.2 Å². The van der Waals surface area contributed by atoms with Crippen molar-refractivity contribution in [3.05, 3.63) is 60.2 Å². The van der Waals surface area contributed by atoms with Crippen molar-refractivity contribution in [3.8, 4) is 11.1 Å². The average Bonchev–Trinajstić information content (AvgIpc) is 2.73. The van der Waals surface area contributed by atoms with E-state index in [0.717, 1.165) is 24.2 Å². The summed E-state index contributed by atoms with van der Waals surface area (Å²) in [5.74, 6) is 0.149. The Balaban J connectivity index is 1.68. The minimum absolute atomic E-state index is 0.0288. The molecule has 1 N–H and O–H groups in total. The van der Waals surface area contributed by atoms with E-state index in [1.54, 1.807) is 0 Å². The van der Waals surface area contributed by atoms with Gasteiger partial charge in [0.15, 0.2) is 0 Å². The Bertz CT molecular complexity index is 810. The molecule has 29 heavy (non-hydrogen) atoms. The second-order valence-electron chi connectivity index (χ2n) is 8.23. The van der Waals surface area contributed by atoms with Gasteiger partial charge in [-0.3, -0.25) is 9.59 Å². The molecule has 2 aromatic rings. The van der Waals surface area contributed by atoms with Crippen LogP contribution in [-0.2, 0) is 4.79 Å². The summed E-state index contributed by atoms with van der Waals surface area (Å²) in [4.78, 5) is 30.0. The Morgan fingerprint density at radius 2 is 1.48 bits per heavy atom. The maximum Gasteiger partial charge on any atom is 0.251 e. The second-order valence-corrected chi connectivity index (χ2v) is 8.23. The summed E-state index contributed by atoms with van der Waals surface area (Å²) in [6.45, 7) is 7.32. The third-order valence-electron chi connectivity index (χ3n) is 5.38. The molecule has 1 heterocycles. The molecule has 5 nitrogen and oxygen atoms in total. The molecule has 0 spiro atoms. The molecule has 0 bridgehead atoms. The number of carbonyl (C=O) groups excluding carboxylic acids is 2. The van der Waals surface area contributed by atoms with E-state index in [4.69, 9.17) is 0 Å². The number of piperazine rings is 1. The first kappa shape index (κ1) is 21.1. The predicted molar refractivity (Wildman–Crippen MR) is 117 cm³/mol. The molecule has 1 aliphatic heterocycles. The topological polar surface area (TPSA) is 52.7 Å². The van der Waals surface area contributed by atoms with E-state index in [0.29, 0.717) is 31.0 Å². The quantitative estimate of drug-likeness (QED) is 0.820. The lowest BCUT2D eigenvalue weighted by molar-refractivity contribution is -0.135. The Kier molecular flexibility index (Phi) is 7.04. The van der Waals surface area contributed by atoms with Crippen LogP contribution in [0, 0.1) is 5.92 Å². The molecule has 1 saturated heterocycles. The number of carbonyl (C=O) groups is 2. The maximum atomic E-state index is 13.0. The molecule has 0 aliphatic carbocycles. The molecule has 0 aromatic heterocycles. The van der Waals surface area contributed by atoms with Gasteiger partial charge in [-0.1, -0.05) is 56.3 Å². The Morgan fingerprint density at radius 3 is 2.07 bits per heavy atom. The van der Waals surface area contributed by atoms with Crippen molar-refractivity contribution in [2.45, 2.75) is 26.3 Å². The van der Waals surface area contributed by atoms with Crippen LogP contribution in [0.3, 0.4) is 0 Å². The van der Waals surface area contributed by atoms with E-state index in [1.165, 1.54) is 0 Å². The van der Waals surface area contributed by atoms with E-state index in [-0.39, 0.29) is 11.8 Å². The van der Waals surface area contributed by atoms with Crippen LogP contribution in [0.1, 0.15) is 30.6 Å². The molecule has 1 atom stereocenters. The molecule has 0 unspecified atom stereocenters.